The van der Waals surface area contributed by atoms with E-state index in [9.17, 15) is 5.11 Å². The summed E-state index contributed by atoms with van der Waals surface area (Å²) >= 11 is 0. The van der Waals surface area contributed by atoms with Crippen LogP contribution in [0.3, 0.4) is 0 Å². The van der Waals surface area contributed by atoms with Gasteiger partial charge in [0.1, 0.15) is 0 Å². The highest BCUT2D eigenvalue weighted by Crippen LogP contribution is 2.52. The Balaban J connectivity index is 1.42. The van der Waals surface area contributed by atoms with E-state index in [0.29, 0.717) is 24.7 Å². The van der Waals surface area contributed by atoms with E-state index in [1.54, 1.807) is 12.1 Å². The maximum absolute atomic E-state index is 10.2. The van der Waals surface area contributed by atoms with Gasteiger partial charge in [-0.25, -0.2) is 0 Å². The van der Waals surface area contributed by atoms with Crippen molar-refractivity contribution >= 4 is 0 Å². The molecule has 3 aliphatic heterocycles. The average molecular weight is 386 g/mol. The van der Waals surface area contributed by atoms with Crippen LogP contribution in [-0.4, -0.2) is 39.3 Å². The minimum atomic E-state index is -0.146. The van der Waals surface area contributed by atoms with Gasteiger partial charge in [-0.2, -0.15) is 0 Å². The third-order valence-corrected chi connectivity index (χ3v) is 5.82. The van der Waals surface area contributed by atoms with E-state index in [1.165, 1.54) is 14.2 Å². The van der Waals surface area contributed by atoms with Crippen molar-refractivity contribution in [3.8, 4) is 28.7 Å². The van der Waals surface area contributed by atoms with Crippen LogP contribution in [0, 0.1) is 11.8 Å². The molecule has 0 spiro atoms. The molecule has 148 valence electrons. The molecule has 0 saturated carbocycles. The van der Waals surface area contributed by atoms with E-state index in [2.05, 4.69) is 0 Å². The number of phenolic OH excluding ortho intramolecular Hbond substituents is 1. The number of ether oxygens (including phenoxy) is 6. The summed E-state index contributed by atoms with van der Waals surface area (Å²) in [5.41, 5.74) is 1.98. The molecule has 0 bridgehead atoms. The molecule has 3 aliphatic rings. The standard InChI is InChI=1S/C21H22O7/c1-23-17-6-12(7-18(24-2)19(17)22)21-14-9-25-20(13(14)8-26-21)11-3-4-15-16(5-11)28-10-27-15/h3-7,13-14,20-22H,8-10H2,1-2H3/t13-,14-,20-,21+/m0/s1. The topological polar surface area (TPSA) is 75.6 Å². The van der Waals surface area contributed by atoms with Crippen molar-refractivity contribution in [2.75, 3.05) is 34.2 Å². The summed E-state index contributed by atoms with van der Waals surface area (Å²) in [4.78, 5) is 0. The van der Waals surface area contributed by atoms with Gasteiger partial charge in [-0.05, 0) is 35.4 Å². The van der Waals surface area contributed by atoms with Gasteiger partial charge in [-0.15, -0.1) is 0 Å². The smallest absolute Gasteiger partial charge is 0.231 e. The second-order valence-corrected chi connectivity index (χ2v) is 7.22. The van der Waals surface area contributed by atoms with Crippen LogP contribution in [0.2, 0.25) is 0 Å². The number of methoxy groups -OCH3 is 2. The minimum Gasteiger partial charge on any atom is -0.502 e. The molecule has 28 heavy (non-hydrogen) atoms. The number of hydrogen-bond acceptors (Lipinski definition) is 7. The highest BCUT2D eigenvalue weighted by molar-refractivity contribution is 5.53. The summed E-state index contributed by atoms with van der Waals surface area (Å²) in [5, 5.41) is 10.2. The monoisotopic (exact) mass is 386 g/mol. The van der Waals surface area contributed by atoms with E-state index in [-0.39, 0.29) is 36.6 Å². The highest BCUT2D eigenvalue weighted by Gasteiger charge is 2.48. The molecule has 4 atom stereocenters. The molecule has 0 unspecified atom stereocenters. The Hall–Kier alpha value is -2.64. The molecule has 2 aromatic rings. The predicted octanol–water partition coefficient (Wildman–Crippen LogP) is 3.21. The van der Waals surface area contributed by atoms with E-state index >= 15 is 0 Å². The van der Waals surface area contributed by atoms with Crippen molar-refractivity contribution < 1.29 is 33.5 Å². The number of fused-ring (bicyclic) bond motifs is 2. The van der Waals surface area contributed by atoms with Gasteiger partial charge >= 0.3 is 0 Å². The summed E-state index contributed by atoms with van der Waals surface area (Å²) in [5.74, 6) is 2.69. The van der Waals surface area contributed by atoms with Crippen molar-refractivity contribution in [2.45, 2.75) is 12.2 Å². The lowest BCUT2D eigenvalue weighted by Gasteiger charge is -2.19. The van der Waals surface area contributed by atoms with Crippen molar-refractivity contribution in [3.05, 3.63) is 41.5 Å². The lowest BCUT2D eigenvalue weighted by atomic mass is 9.85. The molecule has 1 N–H and O–H groups in total. The molecule has 7 nitrogen and oxygen atoms in total. The fourth-order valence-corrected chi connectivity index (χ4v) is 4.40. The second-order valence-electron chi connectivity index (χ2n) is 7.22. The van der Waals surface area contributed by atoms with Crippen LogP contribution in [0.15, 0.2) is 30.3 Å². The summed E-state index contributed by atoms with van der Waals surface area (Å²) in [7, 11) is 3.04. The van der Waals surface area contributed by atoms with Crippen LogP contribution in [0.5, 0.6) is 28.7 Å². The molecule has 0 aromatic heterocycles. The van der Waals surface area contributed by atoms with Crippen molar-refractivity contribution in [2.24, 2.45) is 11.8 Å². The quantitative estimate of drug-likeness (QED) is 0.865. The zero-order chi connectivity index (χ0) is 19.3. The Labute approximate surface area is 162 Å². The average Bonchev–Trinajstić information content (AvgIpc) is 3.43. The lowest BCUT2D eigenvalue weighted by molar-refractivity contribution is 0.0191. The SMILES string of the molecule is COc1cc([C@H]2OC[C@H]3[C@@H]2CO[C@H]3c2ccc3c(c2)OCO3)cc(OC)c1O. The van der Waals surface area contributed by atoms with E-state index in [0.717, 1.165) is 22.6 Å². The Morgan fingerprint density at radius 1 is 0.821 bits per heavy atom. The van der Waals surface area contributed by atoms with Crippen LogP contribution in [0.25, 0.3) is 0 Å². The van der Waals surface area contributed by atoms with Gasteiger partial charge in [0.15, 0.2) is 23.0 Å². The van der Waals surface area contributed by atoms with Crippen LogP contribution in [-0.2, 0) is 9.47 Å². The molecule has 0 aliphatic carbocycles. The maximum Gasteiger partial charge on any atom is 0.231 e. The first-order chi connectivity index (χ1) is 13.7. The number of aromatic hydroxyl groups is 1. The highest BCUT2D eigenvalue weighted by atomic mass is 16.7. The van der Waals surface area contributed by atoms with Gasteiger partial charge in [0.05, 0.1) is 39.6 Å². The van der Waals surface area contributed by atoms with Gasteiger partial charge in [0, 0.05) is 11.8 Å². The summed E-state index contributed by atoms with van der Waals surface area (Å²) in [6.45, 7) is 1.45. The molecule has 2 aromatic carbocycles. The Morgan fingerprint density at radius 3 is 2.07 bits per heavy atom. The van der Waals surface area contributed by atoms with Crippen LogP contribution >= 0.6 is 0 Å². The van der Waals surface area contributed by atoms with Crippen LogP contribution in [0.4, 0.5) is 0 Å². The van der Waals surface area contributed by atoms with Crippen molar-refractivity contribution in [1.29, 1.82) is 0 Å². The zero-order valence-electron chi connectivity index (χ0n) is 15.7. The molecule has 2 fully saturated rings. The molecule has 7 heteroatoms. The number of phenols is 1. The van der Waals surface area contributed by atoms with E-state index < -0.39 is 0 Å². The first kappa shape index (κ1) is 17.5. The number of hydrogen-bond donors (Lipinski definition) is 1. The largest absolute Gasteiger partial charge is 0.502 e. The summed E-state index contributed by atoms with van der Waals surface area (Å²) < 4.78 is 33.8. The molecule has 0 amide bonds. The second kappa shape index (κ2) is 6.76. The fraction of sp³-hybridized carbons (Fsp3) is 0.429. The third kappa shape index (κ3) is 2.65. The Morgan fingerprint density at radius 2 is 1.43 bits per heavy atom. The first-order valence-electron chi connectivity index (χ1n) is 9.27. The summed E-state index contributed by atoms with van der Waals surface area (Å²) in [6, 6.07) is 9.56. The van der Waals surface area contributed by atoms with Gasteiger partial charge in [0.25, 0.3) is 0 Å². The predicted molar refractivity (Wildman–Crippen MR) is 98.1 cm³/mol. The van der Waals surface area contributed by atoms with Crippen LogP contribution in [0.1, 0.15) is 23.3 Å². The lowest BCUT2D eigenvalue weighted by Crippen LogP contribution is -2.14. The molecular formula is C21H22O7. The molecule has 5 rings (SSSR count). The third-order valence-electron chi connectivity index (χ3n) is 5.82. The fourth-order valence-electron chi connectivity index (χ4n) is 4.40. The number of benzene rings is 2. The summed E-state index contributed by atoms with van der Waals surface area (Å²) in [6.07, 6.45) is -0.196. The van der Waals surface area contributed by atoms with Crippen LogP contribution < -0.4 is 18.9 Å². The Kier molecular flexibility index (Phi) is 4.21. The van der Waals surface area contributed by atoms with Gasteiger partial charge in [0.2, 0.25) is 12.5 Å². The molecule has 2 saturated heterocycles. The zero-order valence-corrected chi connectivity index (χ0v) is 15.7. The normalized spacial score (nSPS) is 27.6. The number of rotatable bonds is 4. The molecular weight excluding hydrogens is 364 g/mol. The Bertz CT molecular complexity index is 871. The van der Waals surface area contributed by atoms with E-state index in [1.807, 2.05) is 18.2 Å². The van der Waals surface area contributed by atoms with Gasteiger partial charge < -0.3 is 33.5 Å². The first-order valence-corrected chi connectivity index (χ1v) is 9.27. The van der Waals surface area contributed by atoms with Gasteiger partial charge in [-0.1, -0.05) is 6.07 Å². The van der Waals surface area contributed by atoms with Crippen molar-refractivity contribution in [1.82, 2.24) is 0 Å². The molecule has 3 heterocycles. The maximum atomic E-state index is 10.2. The molecule has 0 radical (unpaired) electrons. The van der Waals surface area contributed by atoms with E-state index in [4.69, 9.17) is 28.4 Å². The van der Waals surface area contributed by atoms with Crippen molar-refractivity contribution in [3.63, 3.8) is 0 Å². The van der Waals surface area contributed by atoms with Gasteiger partial charge in [-0.3, -0.25) is 0 Å². The minimum absolute atomic E-state index is 0.01000.